The van der Waals surface area contributed by atoms with Crippen molar-refractivity contribution in [1.29, 1.82) is 0 Å². The van der Waals surface area contributed by atoms with E-state index in [0.717, 1.165) is 26.1 Å². The van der Waals surface area contributed by atoms with Crippen LogP contribution in [0.4, 0.5) is 0 Å². The lowest BCUT2D eigenvalue weighted by atomic mass is 9.86. The van der Waals surface area contributed by atoms with Gasteiger partial charge in [0, 0.05) is 31.1 Å². The first-order chi connectivity index (χ1) is 8.28. The first-order valence-corrected chi connectivity index (χ1v) is 6.95. The Hall–Kier alpha value is -0.490. The van der Waals surface area contributed by atoms with Crippen molar-refractivity contribution in [2.75, 3.05) is 39.5 Å². The molecule has 0 aliphatic carbocycles. The molecule has 96 valence electrons. The van der Waals surface area contributed by atoms with Crippen molar-refractivity contribution in [2.45, 2.75) is 13.3 Å². The number of thiazole rings is 1. The van der Waals surface area contributed by atoms with Crippen LogP contribution in [-0.2, 0) is 11.2 Å². The Morgan fingerprint density at radius 3 is 2.88 bits per heavy atom. The van der Waals surface area contributed by atoms with Gasteiger partial charge in [0.1, 0.15) is 0 Å². The number of nitrogens with zero attached hydrogens (tertiary/aromatic N) is 2. The van der Waals surface area contributed by atoms with E-state index in [1.807, 2.05) is 11.6 Å². The summed E-state index contributed by atoms with van der Waals surface area (Å²) >= 11 is 1.71. The minimum absolute atomic E-state index is 0.0150. The van der Waals surface area contributed by atoms with E-state index in [1.165, 1.54) is 5.01 Å². The van der Waals surface area contributed by atoms with Crippen LogP contribution in [0.3, 0.4) is 0 Å². The van der Waals surface area contributed by atoms with Crippen molar-refractivity contribution in [3.8, 4) is 0 Å². The van der Waals surface area contributed by atoms with Crippen LogP contribution in [0.2, 0.25) is 0 Å². The van der Waals surface area contributed by atoms with Gasteiger partial charge in [-0.05, 0) is 6.54 Å². The Labute approximate surface area is 106 Å². The van der Waals surface area contributed by atoms with Gasteiger partial charge in [-0.25, -0.2) is 4.98 Å². The standard InChI is InChI=1S/C12H20N2O2S/c1-2-14(5-3-11-13-4-6-17-11)7-12(8-15)9-16-10-12/h4,6,15H,2-3,5,7-10H2,1H3. The fourth-order valence-corrected chi connectivity index (χ4v) is 2.69. The van der Waals surface area contributed by atoms with Gasteiger partial charge in [0.25, 0.3) is 0 Å². The largest absolute Gasteiger partial charge is 0.396 e. The molecule has 2 rings (SSSR count). The van der Waals surface area contributed by atoms with Crippen LogP contribution in [-0.4, -0.2) is 54.4 Å². The smallest absolute Gasteiger partial charge is 0.0937 e. The predicted molar refractivity (Wildman–Crippen MR) is 68.3 cm³/mol. The average molecular weight is 256 g/mol. The van der Waals surface area contributed by atoms with Gasteiger partial charge >= 0.3 is 0 Å². The van der Waals surface area contributed by atoms with Gasteiger partial charge in [0.2, 0.25) is 0 Å². The molecule has 0 radical (unpaired) electrons. The number of likely N-dealkylation sites (N-methyl/N-ethyl adjacent to an activating group) is 1. The predicted octanol–water partition coefficient (Wildman–Crippen LogP) is 1.02. The lowest BCUT2D eigenvalue weighted by molar-refractivity contribution is -0.147. The number of hydrogen-bond acceptors (Lipinski definition) is 5. The molecule has 0 amide bonds. The maximum absolute atomic E-state index is 9.42. The average Bonchev–Trinajstić information content (AvgIpc) is 2.80. The number of hydrogen-bond donors (Lipinski definition) is 1. The monoisotopic (exact) mass is 256 g/mol. The second-order valence-electron chi connectivity index (χ2n) is 4.70. The summed E-state index contributed by atoms with van der Waals surface area (Å²) in [6.45, 7) is 6.70. The SMILES string of the molecule is CCN(CCc1nccs1)CC1(CO)COC1. The van der Waals surface area contributed by atoms with Crippen molar-refractivity contribution < 1.29 is 9.84 Å². The molecule has 1 aliphatic heterocycles. The molecule has 1 saturated heterocycles. The molecular weight excluding hydrogens is 236 g/mol. The highest BCUT2D eigenvalue weighted by Crippen LogP contribution is 2.27. The highest BCUT2D eigenvalue weighted by atomic mass is 32.1. The first kappa shape index (κ1) is 13.0. The summed E-state index contributed by atoms with van der Waals surface area (Å²) in [4.78, 5) is 6.67. The molecule has 1 fully saturated rings. The molecule has 0 spiro atoms. The van der Waals surface area contributed by atoms with E-state index in [4.69, 9.17) is 4.74 Å². The summed E-state index contributed by atoms with van der Waals surface area (Å²) in [6.07, 6.45) is 2.85. The maximum Gasteiger partial charge on any atom is 0.0937 e. The maximum atomic E-state index is 9.42. The van der Waals surface area contributed by atoms with Crippen molar-refractivity contribution in [3.63, 3.8) is 0 Å². The van der Waals surface area contributed by atoms with Crippen LogP contribution in [0.25, 0.3) is 0 Å². The minimum Gasteiger partial charge on any atom is -0.396 e. The molecule has 1 aromatic heterocycles. The molecule has 0 unspecified atom stereocenters. The topological polar surface area (TPSA) is 45.6 Å². The van der Waals surface area contributed by atoms with Gasteiger partial charge in [-0.1, -0.05) is 6.92 Å². The van der Waals surface area contributed by atoms with Crippen molar-refractivity contribution in [2.24, 2.45) is 5.41 Å². The zero-order valence-electron chi connectivity index (χ0n) is 10.3. The zero-order chi connectivity index (χ0) is 12.1. The van der Waals surface area contributed by atoms with Gasteiger partial charge in [0.05, 0.1) is 30.2 Å². The summed E-state index contributed by atoms with van der Waals surface area (Å²) in [5, 5.41) is 12.6. The normalized spacial score (nSPS) is 18.3. The molecule has 5 heteroatoms. The van der Waals surface area contributed by atoms with Crippen molar-refractivity contribution in [3.05, 3.63) is 16.6 Å². The van der Waals surface area contributed by atoms with Crippen LogP contribution in [0, 0.1) is 5.41 Å². The molecule has 17 heavy (non-hydrogen) atoms. The number of aliphatic hydroxyl groups is 1. The minimum atomic E-state index is -0.0150. The van der Waals surface area contributed by atoms with Crippen LogP contribution < -0.4 is 0 Å². The third-order valence-electron chi connectivity index (χ3n) is 3.28. The van der Waals surface area contributed by atoms with Crippen LogP contribution >= 0.6 is 11.3 Å². The fraction of sp³-hybridized carbons (Fsp3) is 0.750. The quantitative estimate of drug-likeness (QED) is 0.791. The van der Waals surface area contributed by atoms with E-state index in [-0.39, 0.29) is 12.0 Å². The molecule has 2 heterocycles. The van der Waals surface area contributed by atoms with E-state index in [2.05, 4.69) is 16.8 Å². The Morgan fingerprint density at radius 1 is 1.59 bits per heavy atom. The van der Waals surface area contributed by atoms with E-state index >= 15 is 0 Å². The van der Waals surface area contributed by atoms with Gasteiger partial charge < -0.3 is 14.7 Å². The molecule has 0 bridgehead atoms. The highest BCUT2D eigenvalue weighted by molar-refractivity contribution is 7.09. The van der Waals surface area contributed by atoms with E-state index in [0.29, 0.717) is 13.2 Å². The first-order valence-electron chi connectivity index (χ1n) is 6.07. The summed E-state index contributed by atoms with van der Waals surface area (Å²) in [5.74, 6) is 0. The lowest BCUT2D eigenvalue weighted by Gasteiger charge is -2.43. The number of aromatic nitrogens is 1. The fourth-order valence-electron chi connectivity index (χ4n) is 2.08. The summed E-state index contributed by atoms with van der Waals surface area (Å²) < 4.78 is 5.23. The summed E-state index contributed by atoms with van der Waals surface area (Å²) in [6, 6.07) is 0. The van der Waals surface area contributed by atoms with Gasteiger partial charge in [-0.2, -0.15) is 0 Å². The molecular formula is C12H20N2O2S. The van der Waals surface area contributed by atoms with E-state index in [9.17, 15) is 5.11 Å². The molecule has 0 aromatic carbocycles. The second-order valence-corrected chi connectivity index (χ2v) is 5.67. The molecule has 1 aromatic rings. The van der Waals surface area contributed by atoms with Crippen molar-refractivity contribution >= 4 is 11.3 Å². The highest BCUT2D eigenvalue weighted by Gasteiger charge is 2.39. The third kappa shape index (κ3) is 3.25. The summed E-state index contributed by atoms with van der Waals surface area (Å²) in [7, 11) is 0. The van der Waals surface area contributed by atoms with Gasteiger partial charge in [0.15, 0.2) is 0 Å². The Kier molecular flexibility index (Phi) is 4.50. The van der Waals surface area contributed by atoms with E-state index < -0.39 is 0 Å². The molecule has 0 atom stereocenters. The van der Waals surface area contributed by atoms with Crippen LogP contribution in [0.15, 0.2) is 11.6 Å². The molecule has 4 nitrogen and oxygen atoms in total. The Bertz CT molecular complexity index is 320. The van der Waals surface area contributed by atoms with E-state index in [1.54, 1.807) is 11.3 Å². The zero-order valence-corrected chi connectivity index (χ0v) is 11.1. The van der Waals surface area contributed by atoms with Crippen molar-refractivity contribution in [1.82, 2.24) is 9.88 Å². The number of aliphatic hydroxyl groups excluding tert-OH is 1. The Balaban J connectivity index is 1.80. The third-order valence-corrected chi connectivity index (χ3v) is 4.12. The van der Waals surface area contributed by atoms with Crippen LogP contribution in [0.5, 0.6) is 0 Å². The molecule has 1 aliphatic rings. The van der Waals surface area contributed by atoms with Crippen LogP contribution in [0.1, 0.15) is 11.9 Å². The molecule has 0 saturated carbocycles. The molecule has 1 N–H and O–H groups in total. The van der Waals surface area contributed by atoms with Gasteiger partial charge in [-0.3, -0.25) is 0 Å². The second kappa shape index (κ2) is 5.91. The number of ether oxygens (including phenoxy) is 1. The van der Waals surface area contributed by atoms with Gasteiger partial charge in [-0.15, -0.1) is 11.3 Å². The summed E-state index contributed by atoms with van der Waals surface area (Å²) in [5.41, 5.74) is -0.0150. The Morgan fingerprint density at radius 2 is 2.41 bits per heavy atom. The lowest BCUT2D eigenvalue weighted by Crippen LogP contribution is -2.53. The number of rotatable bonds is 7.